The first-order valence-corrected chi connectivity index (χ1v) is 20.0. The summed E-state index contributed by atoms with van der Waals surface area (Å²) in [5.41, 5.74) is 3.64. The molecule has 4 rings (SSSR count). The number of aromatic carboxylic acids is 1. The van der Waals surface area contributed by atoms with Crippen LogP contribution in [0.1, 0.15) is 58.4 Å². The van der Waals surface area contributed by atoms with Gasteiger partial charge in [0, 0.05) is 36.7 Å². The maximum atomic E-state index is 12.9. The summed E-state index contributed by atoms with van der Waals surface area (Å²) in [6, 6.07) is 14.3. The Kier molecular flexibility index (Phi) is 11.3. The molecule has 2 aromatic heterocycles. The number of carbonyl (C=O) groups is 2. The van der Waals surface area contributed by atoms with Crippen LogP contribution in [0.5, 0.6) is 0 Å². The third-order valence-corrected chi connectivity index (χ3v) is 15.2. The topological polar surface area (TPSA) is 70.1 Å². The number of carbonyl (C=O) groups excluding carboxylic acids is 1. The minimum Gasteiger partial charge on any atom is -0.477 e. The van der Waals surface area contributed by atoms with Crippen molar-refractivity contribution in [3.05, 3.63) is 79.7 Å². The van der Waals surface area contributed by atoms with Crippen LogP contribution in [0.2, 0.25) is 18.1 Å². The molecule has 226 valence electrons. The molecule has 1 N–H and O–H groups in total. The number of benzene rings is 1. The van der Waals surface area contributed by atoms with Gasteiger partial charge in [-0.1, -0.05) is 69.0 Å². The zero-order valence-electron chi connectivity index (χ0n) is 25.2. The van der Waals surface area contributed by atoms with Gasteiger partial charge in [0.1, 0.15) is 4.88 Å². The van der Waals surface area contributed by atoms with Gasteiger partial charge in [-0.2, -0.15) is 11.3 Å². The minimum atomic E-state index is -2.03. The molecule has 1 saturated heterocycles. The van der Waals surface area contributed by atoms with Crippen molar-refractivity contribution >= 4 is 66.1 Å². The van der Waals surface area contributed by atoms with Gasteiger partial charge in [0.2, 0.25) is 0 Å². The highest BCUT2D eigenvalue weighted by Gasteiger charge is 2.39. The lowest BCUT2D eigenvalue weighted by molar-refractivity contribution is 0.0161. The molecule has 1 atom stereocenters. The zero-order valence-corrected chi connectivity index (χ0v) is 28.6. The molecule has 1 aliphatic rings. The van der Waals surface area contributed by atoms with Crippen molar-refractivity contribution < 1.29 is 19.1 Å². The Labute approximate surface area is 263 Å². The van der Waals surface area contributed by atoms with Crippen LogP contribution in [0.25, 0.3) is 12.2 Å². The predicted molar refractivity (Wildman–Crippen MR) is 181 cm³/mol. The third-order valence-electron chi connectivity index (χ3n) is 7.97. The molecule has 1 unspecified atom stereocenters. The Morgan fingerprint density at radius 1 is 1.12 bits per heavy atom. The Hall–Kier alpha value is -2.21. The average molecular weight is 643 g/mol. The van der Waals surface area contributed by atoms with Crippen molar-refractivity contribution in [3.63, 3.8) is 0 Å². The Balaban J connectivity index is 1.46. The van der Waals surface area contributed by atoms with Gasteiger partial charge in [-0.05, 0) is 76.6 Å². The summed E-state index contributed by atoms with van der Waals surface area (Å²) in [7, 11) is -2.03. The van der Waals surface area contributed by atoms with Crippen LogP contribution in [-0.4, -0.2) is 66.1 Å². The number of hydrogen-bond acceptors (Lipinski definition) is 7. The van der Waals surface area contributed by atoms with Crippen molar-refractivity contribution in [3.8, 4) is 0 Å². The maximum Gasteiger partial charge on any atom is 0.345 e. The minimum absolute atomic E-state index is 0.0314. The average Bonchev–Trinajstić information content (AvgIpc) is 3.62. The molecule has 0 bridgehead atoms. The first kappa shape index (κ1) is 32.7. The molecular weight excluding hydrogens is 601 g/mol. The molecule has 42 heavy (non-hydrogen) atoms. The van der Waals surface area contributed by atoms with Crippen LogP contribution in [0.3, 0.4) is 0 Å². The number of amides is 1. The molecule has 1 aliphatic heterocycles. The highest BCUT2D eigenvalue weighted by atomic mass is 32.2. The van der Waals surface area contributed by atoms with E-state index in [0.717, 1.165) is 36.6 Å². The number of rotatable bonds is 13. The molecule has 0 radical (unpaired) electrons. The monoisotopic (exact) mass is 642 g/mol. The second-order valence-corrected chi connectivity index (χ2v) is 19.9. The summed E-state index contributed by atoms with van der Waals surface area (Å²) >= 11 is 4.34. The molecule has 1 fully saturated rings. The Bertz CT molecular complexity index is 1360. The van der Waals surface area contributed by atoms with E-state index in [1.54, 1.807) is 17.4 Å². The molecule has 1 amide bonds. The van der Waals surface area contributed by atoms with E-state index in [9.17, 15) is 14.7 Å². The van der Waals surface area contributed by atoms with Gasteiger partial charge < -0.3 is 9.53 Å². The molecule has 10 heteroatoms. The van der Waals surface area contributed by atoms with Crippen LogP contribution >= 0.6 is 34.4 Å². The number of carboxylic acid groups (broad SMARTS) is 1. The molecule has 6 nitrogen and oxygen atoms in total. The van der Waals surface area contributed by atoms with Crippen LogP contribution in [-0.2, 0) is 17.3 Å². The molecular formula is C32H42N2O4S3Si. The number of thioether (sulfide) groups is 1. The van der Waals surface area contributed by atoms with Crippen LogP contribution in [0, 0.1) is 0 Å². The quantitative estimate of drug-likeness (QED) is 0.188. The van der Waals surface area contributed by atoms with Gasteiger partial charge in [-0.3, -0.25) is 9.80 Å². The number of carboxylic acids is 1. The van der Waals surface area contributed by atoms with E-state index in [4.69, 9.17) is 4.43 Å². The first-order chi connectivity index (χ1) is 19.9. The molecule has 0 spiro atoms. The van der Waals surface area contributed by atoms with Gasteiger partial charge in [-0.15, -0.1) is 11.3 Å². The highest BCUT2D eigenvalue weighted by molar-refractivity contribution is 8.13. The molecule has 3 aromatic rings. The fraction of sp³-hybridized carbons (Fsp3) is 0.438. The molecule has 0 aliphatic carbocycles. The molecule has 3 heterocycles. The normalized spacial score (nSPS) is 15.9. The zero-order chi connectivity index (χ0) is 30.3. The summed E-state index contributed by atoms with van der Waals surface area (Å²) in [5, 5.41) is 17.7. The largest absolute Gasteiger partial charge is 0.477 e. The fourth-order valence-corrected chi connectivity index (χ4v) is 8.28. The van der Waals surface area contributed by atoms with E-state index >= 15 is 0 Å². The van der Waals surface area contributed by atoms with E-state index in [2.05, 4.69) is 92.1 Å². The van der Waals surface area contributed by atoms with E-state index in [1.807, 2.05) is 11.1 Å². The van der Waals surface area contributed by atoms with Crippen molar-refractivity contribution in [1.82, 2.24) is 10.0 Å². The van der Waals surface area contributed by atoms with Crippen LogP contribution in [0.4, 0.5) is 4.79 Å². The Morgan fingerprint density at radius 3 is 2.60 bits per heavy atom. The summed E-state index contributed by atoms with van der Waals surface area (Å²) in [4.78, 5) is 25.5. The van der Waals surface area contributed by atoms with Gasteiger partial charge in [0.15, 0.2) is 8.32 Å². The molecule has 1 aromatic carbocycles. The smallest absolute Gasteiger partial charge is 0.345 e. The number of hydrazine groups is 1. The summed E-state index contributed by atoms with van der Waals surface area (Å²) in [6.07, 6.45) is 6.61. The van der Waals surface area contributed by atoms with Crippen molar-refractivity contribution in [2.75, 3.05) is 25.4 Å². The summed E-state index contributed by atoms with van der Waals surface area (Å²) < 4.78 is 7.01. The van der Waals surface area contributed by atoms with Gasteiger partial charge in [0.25, 0.3) is 5.24 Å². The lowest BCUT2D eigenvalue weighted by Crippen LogP contribution is -2.51. The van der Waals surface area contributed by atoms with Crippen molar-refractivity contribution in [2.24, 2.45) is 0 Å². The third kappa shape index (κ3) is 9.14. The summed E-state index contributed by atoms with van der Waals surface area (Å²) in [5.74, 6) is -0.140. The van der Waals surface area contributed by atoms with Crippen LogP contribution in [0.15, 0.2) is 53.2 Å². The highest BCUT2D eigenvalue weighted by Crippen LogP contribution is 2.38. The van der Waals surface area contributed by atoms with Crippen LogP contribution < -0.4 is 0 Å². The lowest BCUT2D eigenvalue weighted by atomic mass is 10.0. The number of hydrogen-bond donors (Lipinski definition) is 1. The van der Waals surface area contributed by atoms with Gasteiger partial charge >= 0.3 is 5.97 Å². The van der Waals surface area contributed by atoms with E-state index < -0.39 is 14.3 Å². The molecule has 0 saturated carbocycles. The van der Waals surface area contributed by atoms with E-state index in [0.29, 0.717) is 17.8 Å². The summed E-state index contributed by atoms with van der Waals surface area (Å²) in [6.45, 7) is 13.5. The SMILES string of the molecule is CC(C)(C)[Si](C)(C)OC(CCN1CCSC(=O)N1CCc1ccc(C(=O)O)s1)Cc1cccc(/C=C/c2ccsc2)c1. The first-order valence-electron chi connectivity index (χ1n) is 14.4. The fourth-order valence-electron chi connectivity index (χ4n) is 4.60. The van der Waals surface area contributed by atoms with E-state index in [-0.39, 0.29) is 16.4 Å². The number of nitrogens with zero attached hydrogens (tertiary/aromatic N) is 2. The van der Waals surface area contributed by atoms with Gasteiger partial charge in [-0.25, -0.2) is 9.80 Å². The maximum absolute atomic E-state index is 12.9. The predicted octanol–water partition coefficient (Wildman–Crippen LogP) is 8.63. The van der Waals surface area contributed by atoms with E-state index in [1.165, 1.54) is 39.8 Å². The number of thiophene rings is 2. The second-order valence-electron chi connectivity index (χ2n) is 12.1. The lowest BCUT2D eigenvalue weighted by Gasteiger charge is -2.41. The standard InChI is InChI=1S/C32H42N2O4S3Si/c1-32(2,3)42(4,5)38-27(22-26-8-6-7-24(21-26)9-10-25-15-19-39-23-25)13-16-33-18-20-40-31(37)34(33)17-14-28-11-12-29(41-28)30(35)36/h6-12,15,19,21,23,27H,13-14,16-18,20,22H2,1-5H3,(H,35,36)/b10-9+. The van der Waals surface area contributed by atoms with Crippen molar-refractivity contribution in [1.29, 1.82) is 0 Å². The Morgan fingerprint density at radius 2 is 1.90 bits per heavy atom. The van der Waals surface area contributed by atoms with Gasteiger partial charge in [0.05, 0.1) is 6.10 Å². The van der Waals surface area contributed by atoms with Crippen molar-refractivity contribution in [2.45, 2.75) is 64.3 Å². The second kappa shape index (κ2) is 14.5.